The number of aromatic nitrogens is 2. The summed E-state index contributed by atoms with van der Waals surface area (Å²) in [5.41, 5.74) is 3.18. The minimum Gasteiger partial charge on any atom is -0.468 e. The van der Waals surface area contributed by atoms with Crippen LogP contribution in [0.2, 0.25) is 0 Å². The molecule has 2 aromatic heterocycles. The van der Waals surface area contributed by atoms with Crippen LogP contribution in [0.4, 0.5) is 5.69 Å². The summed E-state index contributed by atoms with van der Waals surface area (Å²) >= 11 is 2.58. The Kier molecular flexibility index (Phi) is 4.91. The Bertz CT molecular complexity index is 1350. The van der Waals surface area contributed by atoms with E-state index in [2.05, 4.69) is 9.98 Å². The second-order valence-electron chi connectivity index (χ2n) is 5.91. The number of thiazole rings is 2. The minimum absolute atomic E-state index is 0.123. The molecule has 1 amide bonds. The lowest BCUT2D eigenvalue weighted by Gasteiger charge is -2.03. The van der Waals surface area contributed by atoms with Crippen LogP contribution in [0.15, 0.2) is 46.9 Å². The molecule has 9 nitrogen and oxygen atoms in total. The monoisotopic (exact) mass is 428 g/mol. The van der Waals surface area contributed by atoms with E-state index in [1.165, 1.54) is 35.1 Å². The molecular weight excluding hydrogens is 416 g/mol. The molecule has 2 aromatic carbocycles. The zero-order valence-corrected chi connectivity index (χ0v) is 16.5. The highest BCUT2D eigenvalue weighted by atomic mass is 32.1. The molecule has 0 radical (unpaired) electrons. The zero-order valence-electron chi connectivity index (χ0n) is 14.9. The highest BCUT2D eigenvalue weighted by Crippen LogP contribution is 2.24. The van der Waals surface area contributed by atoms with Crippen LogP contribution >= 0.6 is 22.7 Å². The van der Waals surface area contributed by atoms with Crippen molar-refractivity contribution in [3.05, 3.63) is 62.4 Å². The summed E-state index contributed by atoms with van der Waals surface area (Å²) in [6, 6.07) is 9.37. The van der Waals surface area contributed by atoms with Crippen molar-refractivity contribution < 1.29 is 19.2 Å². The lowest BCUT2D eigenvalue weighted by Crippen LogP contribution is -2.22. The molecule has 0 atom stereocenters. The normalized spacial score (nSPS) is 11.8. The fourth-order valence-corrected chi connectivity index (χ4v) is 4.47. The third kappa shape index (κ3) is 3.65. The van der Waals surface area contributed by atoms with E-state index >= 15 is 0 Å². The van der Waals surface area contributed by atoms with Crippen molar-refractivity contribution in [3.63, 3.8) is 0 Å². The van der Waals surface area contributed by atoms with Gasteiger partial charge >= 0.3 is 5.97 Å². The van der Waals surface area contributed by atoms with Gasteiger partial charge in [-0.15, -0.1) is 11.3 Å². The summed E-state index contributed by atoms with van der Waals surface area (Å²) in [7, 11) is 1.24. The molecule has 2 heterocycles. The minimum atomic E-state index is -0.559. The summed E-state index contributed by atoms with van der Waals surface area (Å²) in [6.45, 7) is -0.225. The Labute approximate surface area is 170 Å². The molecule has 11 heteroatoms. The lowest BCUT2D eigenvalue weighted by atomic mass is 10.2. The molecule has 0 spiro atoms. The number of nitrogens with zero attached hydrogens (tertiary/aromatic N) is 4. The smallest absolute Gasteiger partial charge is 0.325 e. The molecule has 29 heavy (non-hydrogen) atoms. The Morgan fingerprint density at radius 2 is 2.07 bits per heavy atom. The van der Waals surface area contributed by atoms with Crippen LogP contribution in [-0.2, 0) is 16.1 Å². The predicted octanol–water partition coefficient (Wildman–Crippen LogP) is 3.13. The van der Waals surface area contributed by atoms with Gasteiger partial charge in [-0.3, -0.25) is 19.7 Å². The molecule has 0 bridgehead atoms. The molecule has 4 aromatic rings. The Morgan fingerprint density at radius 1 is 1.24 bits per heavy atom. The average Bonchev–Trinajstić information content (AvgIpc) is 3.31. The van der Waals surface area contributed by atoms with Crippen molar-refractivity contribution in [2.45, 2.75) is 6.54 Å². The number of nitro groups is 1. The number of amides is 1. The number of methoxy groups -OCH3 is 1. The first kappa shape index (κ1) is 18.9. The first-order chi connectivity index (χ1) is 14.0. The van der Waals surface area contributed by atoms with E-state index in [4.69, 9.17) is 4.74 Å². The second-order valence-corrected chi connectivity index (χ2v) is 7.80. The predicted molar refractivity (Wildman–Crippen MR) is 108 cm³/mol. The zero-order chi connectivity index (χ0) is 20.5. The maximum absolute atomic E-state index is 12.7. The van der Waals surface area contributed by atoms with Crippen LogP contribution in [0.5, 0.6) is 0 Å². The molecule has 0 aliphatic carbocycles. The summed E-state index contributed by atoms with van der Waals surface area (Å²) in [5, 5.41) is 11.1. The van der Waals surface area contributed by atoms with E-state index in [9.17, 15) is 19.7 Å². The number of fused-ring (bicyclic) bond motifs is 2. The van der Waals surface area contributed by atoms with Gasteiger partial charge in [0.1, 0.15) is 6.54 Å². The number of ether oxygens (including phenoxy) is 1. The van der Waals surface area contributed by atoms with Gasteiger partial charge < -0.3 is 9.30 Å². The first-order valence-corrected chi connectivity index (χ1v) is 9.93. The van der Waals surface area contributed by atoms with E-state index < -0.39 is 16.8 Å². The van der Waals surface area contributed by atoms with E-state index in [-0.39, 0.29) is 17.0 Å². The summed E-state index contributed by atoms with van der Waals surface area (Å²) in [5.74, 6) is -1.05. The number of carbonyl (C=O) groups excluding carboxylic acids is 2. The van der Waals surface area contributed by atoms with E-state index in [0.717, 1.165) is 21.6 Å². The molecule has 0 aliphatic heterocycles. The molecule has 4 rings (SSSR count). The van der Waals surface area contributed by atoms with E-state index in [1.807, 2.05) is 0 Å². The summed E-state index contributed by atoms with van der Waals surface area (Å²) in [6.07, 6.45) is 0. The number of benzene rings is 2. The number of hydrogen-bond donors (Lipinski definition) is 0. The Morgan fingerprint density at radius 3 is 2.83 bits per heavy atom. The van der Waals surface area contributed by atoms with Gasteiger partial charge in [-0.05, 0) is 24.3 Å². The number of esters is 1. The number of nitro benzene ring substituents is 1. The lowest BCUT2D eigenvalue weighted by molar-refractivity contribution is -0.384. The van der Waals surface area contributed by atoms with Crippen molar-refractivity contribution in [1.29, 1.82) is 0 Å². The van der Waals surface area contributed by atoms with Crippen LogP contribution in [0.25, 0.3) is 20.4 Å². The van der Waals surface area contributed by atoms with Gasteiger partial charge in [0.05, 0.1) is 38.0 Å². The van der Waals surface area contributed by atoms with Crippen molar-refractivity contribution in [3.8, 4) is 0 Å². The maximum atomic E-state index is 12.7. The molecule has 0 saturated heterocycles. The largest absolute Gasteiger partial charge is 0.468 e. The summed E-state index contributed by atoms with van der Waals surface area (Å²) in [4.78, 5) is 43.8. The van der Waals surface area contributed by atoms with Gasteiger partial charge in [0.2, 0.25) is 0 Å². The number of hydrogen-bond acceptors (Lipinski definition) is 8. The van der Waals surface area contributed by atoms with Gasteiger partial charge in [-0.25, -0.2) is 4.98 Å². The van der Waals surface area contributed by atoms with Crippen LogP contribution in [0.3, 0.4) is 0 Å². The number of non-ortho nitro benzene ring substituents is 1. The van der Waals surface area contributed by atoms with Gasteiger partial charge in [-0.1, -0.05) is 11.3 Å². The van der Waals surface area contributed by atoms with Crippen molar-refractivity contribution >= 4 is 60.7 Å². The van der Waals surface area contributed by atoms with Crippen molar-refractivity contribution in [1.82, 2.24) is 9.55 Å². The van der Waals surface area contributed by atoms with E-state index in [1.54, 1.807) is 29.8 Å². The van der Waals surface area contributed by atoms with Crippen LogP contribution in [-0.4, -0.2) is 33.5 Å². The quantitative estimate of drug-likeness (QED) is 0.280. The van der Waals surface area contributed by atoms with Crippen molar-refractivity contribution in [2.75, 3.05) is 7.11 Å². The van der Waals surface area contributed by atoms with Gasteiger partial charge in [0, 0.05) is 17.7 Å². The van der Waals surface area contributed by atoms with Crippen molar-refractivity contribution in [2.24, 2.45) is 4.99 Å². The molecule has 0 fully saturated rings. The van der Waals surface area contributed by atoms with E-state index in [0.29, 0.717) is 15.8 Å². The van der Waals surface area contributed by atoms with Crippen LogP contribution < -0.4 is 4.80 Å². The summed E-state index contributed by atoms with van der Waals surface area (Å²) < 4.78 is 7.68. The Hall–Kier alpha value is -3.44. The molecule has 0 N–H and O–H groups in total. The maximum Gasteiger partial charge on any atom is 0.325 e. The average molecular weight is 428 g/mol. The molecule has 0 saturated carbocycles. The molecular formula is C18H12N4O5S2. The third-order valence-electron chi connectivity index (χ3n) is 4.17. The van der Waals surface area contributed by atoms with Crippen LogP contribution in [0.1, 0.15) is 10.4 Å². The molecule has 0 aliphatic rings. The molecule has 0 unspecified atom stereocenters. The topological polar surface area (TPSA) is 117 Å². The van der Waals surface area contributed by atoms with Gasteiger partial charge in [0.25, 0.3) is 11.6 Å². The van der Waals surface area contributed by atoms with Crippen LogP contribution in [0, 0.1) is 10.1 Å². The highest BCUT2D eigenvalue weighted by molar-refractivity contribution is 7.17. The first-order valence-electron chi connectivity index (χ1n) is 8.23. The van der Waals surface area contributed by atoms with Gasteiger partial charge in [0.15, 0.2) is 4.80 Å². The second kappa shape index (κ2) is 7.53. The fourth-order valence-electron chi connectivity index (χ4n) is 2.74. The number of carbonyl (C=O) groups is 2. The SMILES string of the molecule is COC(=O)Cn1c(=NC(=O)c2ccc3ncsc3c2)sc2ccc([N+](=O)[O-])cc21. The third-order valence-corrected chi connectivity index (χ3v) is 6.02. The van der Waals surface area contributed by atoms with Gasteiger partial charge in [-0.2, -0.15) is 4.99 Å². The Balaban J connectivity index is 1.85. The number of rotatable bonds is 4. The standard InChI is InChI=1S/C18H12N4O5S2/c1-27-16(23)8-21-13-7-11(22(25)26)3-5-14(13)29-18(21)20-17(24)10-2-4-12-15(6-10)28-9-19-12/h2-7,9H,8H2,1H3. The molecule has 146 valence electrons. The fraction of sp³-hybridized carbons (Fsp3) is 0.111. The highest BCUT2D eigenvalue weighted by Gasteiger charge is 2.16.